The van der Waals surface area contributed by atoms with Crippen molar-refractivity contribution in [3.05, 3.63) is 6.33 Å². The smallest absolute Gasteiger partial charge is 0.227 e. The van der Waals surface area contributed by atoms with Crippen LogP contribution in [0.25, 0.3) is 11.2 Å². The second-order valence-corrected chi connectivity index (χ2v) is 10.8. The van der Waals surface area contributed by atoms with E-state index < -0.39 is 0 Å². The monoisotopic (exact) mass is 554 g/mol. The number of carbonyl (C=O) groups excluding carboxylic acids is 1. The van der Waals surface area contributed by atoms with Gasteiger partial charge < -0.3 is 25.8 Å². The molecule has 208 valence electrons. The van der Waals surface area contributed by atoms with Crippen LogP contribution in [-0.4, -0.2) is 61.5 Å². The van der Waals surface area contributed by atoms with Crippen LogP contribution in [0.15, 0.2) is 6.33 Å². The van der Waals surface area contributed by atoms with E-state index in [0.717, 1.165) is 81.4 Å². The predicted molar refractivity (Wildman–Crippen MR) is 154 cm³/mol. The minimum atomic E-state index is 0. The third-order valence-corrected chi connectivity index (χ3v) is 8.18. The molecule has 0 spiro atoms. The number of halogens is 2. The van der Waals surface area contributed by atoms with Gasteiger partial charge in [-0.2, -0.15) is 9.97 Å². The van der Waals surface area contributed by atoms with Crippen LogP contribution in [0.4, 0.5) is 11.8 Å². The molecule has 2 aromatic rings. The molecule has 2 saturated carbocycles. The van der Waals surface area contributed by atoms with Gasteiger partial charge in [-0.05, 0) is 57.8 Å². The van der Waals surface area contributed by atoms with Crippen molar-refractivity contribution in [3.8, 4) is 0 Å². The van der Waals surface area contributed by atoms with Crippen LogP contribution in [0.2, 0.25) is 0 Å². The van der Waals surface area contributed by atoms with Crippen molar-refractivity contribution in [2.75, 3.05) is 23.7 Å². The topological polar surface area (TPSA) is 114 Å². The maximum absolute atomic E-state index is 12.4. The molecule has 4 N–H and O–H groups in total. The Morgan fingerprint density at radius 2 is 1.65 bits per heavy atom. The molecule has 1 amide bonds. The number of unbranched alkanes of at least 4 members (excludes halogenated alkanes) is 1. The van der Waals surface area contributed by atoms with Gasteiger partial charge in [-0.25, -0.2) is 4.98 Å². The average Bonchev–Trinajstić information content (AvgIpc) is 3.54. The Bertz CT molecular complexity index is 996. The summed E-state index contributed by atoms with van der Waals surface area (Å²) in [5.74, 6) is 1.80. The van der Waals surface area contributed by atoms with E-state index in [1.165, 1.54) is 25.7 Å². The molecule has 11 heteroatoms. The Morgan fingerprint density at radius 1 is 0.973 bits per heavy atom. The fraction of sp³-hybridized carbons (Fsp3) is 0.769. The van der Waals surface area contributed by atoms with Crippen LogP contribution in [0.1, 0.15) is 96.4 Å². The first-order chi connectivity index (χ1) is 17.1. The van der Waals surface area contributed by atoms with E-state index in [0.29, 0.717) is 36.4 Å². The highest BCUT2D eigenvalue weighted by Gasteiger charge is 2.27. The first-order valence-electron chi connectivity index (χ1n) is 13.9. The lowest BCUT2D eigenvalue weighted by atomic mass is 9.92. The molecule has 0 radical (unpaired) electrons. The van der Waals surface area contributed by atoms with Gasteiger partial charge in [0, 0.05) is 43.7 Å². The number of nitrogens with two attached hydrogens (primary N) is 1. The van der Waals surface area contributed by atoms with Gasteiger partial charge in [-0.15, -0.1) is 24.8 Å². The summed E-state index contributed by atoms with van der Waals surface area (Å²) in [5.41, 5.74) is 7.90. The van der Waals surface area contributed by atoms with E-state index in [1.54, 1.807) is 0 Å². The number of anilines is 2. The molecular weight excluding hydrogens is 511 g/mol. The van der Waals surface area contributed by atoms with Crippen molar-refractivity contribution in [3.63, 3.8) is 0 Å². The molecule has 9 nitrogen and oxygen atoms in total. The van der Waals surface area contributed by atoms with Crippen molar-refractivity contribution >= 4 is 53.7 Å². The summed E-state index contributed by atoms with van der Waals surface area (Å²) in [6, 6.07) is 1.43. The summed E-state index contributed by atoms with van der Waals surface area (Å²) < 4.78 is 2.27. The van der Waals surface area contributed by atoms with Crippen LogP contribution < -0.4 is 16.4 Å². The maximum Gasteiger partial charge on any atom is 0.227 e. The Labute approximate surface area is 233 Å². The molecule has 0 bridgehead atoms. The van der Waals surface area contributed by atoms with E-state index in [-0.39, 0.29) is 30.9 Å². The molecule has 0 unspecified atom stereocenters. The fourth-order valence-corrected chi connectivity index (χ4v) is 5.93. The number of nitrogens with zero attached hydrogens (tertiary/aromatic N) is 5. The molecule has 1 aliphatic heterocycles. The van der Waals surface area contributed by atoms with Gasteiger partial charge in [0.05, 0.1) is 6.33 Å². The Hall–Kier alpha value is -1.84. The lowest BCUT2D eigenvalue weighted by molar-refractivity contribution is -0.132. The summed E-state index contributed by atoms with van der Waals surface area (Å²) in [6.07, 6.45) is 15.6. The van der Waals surface area contributed by atoms with Gasteiger partial charge in [-0.3, -0.25) is 4.79 Å². The van der Waals surface area contributed by atoms with Crippen LogP contribution in [0, 0.1) is 0 Å². The lowest BCUT2D eigenvalue weighted by Crippen LogP contribution is -2.42. The van der Waals surface area contributed by atoms with E-state index >= 15 is 0 Å². The number of aromatic nitrogens is 4. The van der Waals surface area contributed by atoms with Gasteiger partial charge in [-0.1, -0.05) is 26.2 Å². The fourth-order valence-electron chi connectivity index (χ4n) is 5.93. The third-order valence-electron chi connectivity index (χ3n) is 8.18. The maximum atomic E-state index is 12.4. The Kier molecular flexibility index (Phi) is 11.1. The average molecular weight is 556 g/mol. The molecule has 5 rings (SSSR count). The molecule has 3 heterocycles. The number of carbonyl (C=O) groups is 1. The number of hydrogen-bond donors (Lipinski definition) is 3. The first kappa shape index (κ1) is 29.7. The van der Waals surface area contributed by atoms with Crippen LogP contribution in [0.3, 0.4) is 0 Å². The highest BCUT2D eigenvalue weighted by atomic mass is 35.5. The van der Waals surface area contributed by atoms with Crippen molar-refractivity contribution in [1.29, 1.82) is 0 Å². The van der Waals surface area contributed by atoms with Crippen molar-refractivity contribution in [2.45, 2.75) is 115 Å². The number of rotatable bonds is 8. The number of piperidine rings is 1. The minimum absolute atomic E-state index is 0. The zero-order valence-electron chi connectivity index (χ0n) is 22.0. The number of nitrogens with one attached hydrogen (secondary N) is 2. The number of imidazole rings is 1. The number of likely N-dealkylation sites (tertiary alicyclic amines) is 1. The molecule has 3 fully saturated rings. The molecule has 2 aliphatic carbocycles. The summed E-state index contributed by atoms with van der Waals surface area (Å²) in [7, 11) is 0. The molecule has 0 aromatic carbocycles. The zero-order chi connectivity index (χ0) is 24.2. The van der Waals surface area contributed by atoms with Gasteiger partial charge in [0.15, 0.2) is 17.0 Å². The second-order valence-electron chi connectivity index (χ2n) is 10.8. The molecular formula is C26H44Cl2N8O. The van der Waals surface area contributed by atoms with Crippen molar-refractivity contribution in [1.82, 2.24) is 24.4 Å². The van der Waals surface area contributed by atoms with Crippen molar-refractivity contribution in [2.24, 2.45) is 5.73 Å². The Morgan fingerprint density at radius 3 is 2.32 bits per heavy atom. The van der Waals surface area contributed by atoms with E-state index in [2.05, 4.69) is 22.1 Å². The van der Waals surface area contributed by atoms with Gasteiger partial charge in [0.2, 0.25) is 11.9 Å². The van der Waals surface area contributed by atoms with Gasteiger partial charge >= 0.3 is 0 Å². The largest absolute Gasteiger partial charge is 0.365 e. The zero-order valence-corrected chi connectivity index (χ0v) is 23.7. The SMILES string of the molecule is CCCCC(=O)N1CCC(Nc2nc(N[C@H]3CC[C@H](N)CC3)nc3c2ncn3C2CCCC2)CC1.Cl.Cl. The van der Waals surface area contributed by atoms with Gasteiger partial charge in [0.1, 0.15) is 0 Å². The minimum Gasteiger partial charge on any atom is -0.365 e. The second kappa shape index (κ2) is 13.8. The standard InChI is InChI=1S/C26H42N8O.2ClH/c1-2-3-8-22(35)33-15-13-20(14-16-33)29-24-23-25(34(17-28-23)21-6-4-5-7-21)32-26(31-24)30-19-11-9-18(27)10-12-19;;/h17-21H,2-16,27H2,1H3,(H2,29,30,31,32);2*1H/t18-,19-;;. The predicted octanol–water partition coefficient (Wildman–Crippen LogP) is 5.06. The molecule has 3 aliphatic rings. The summed E-state index contributed by atoms with van der Waals surface area (Å²) in [5, 5.41) is 7.30. The van der Waals surface area contributed by atoms with Gasteiger partial charge in [0.25, 0.3) is 0 Å². The van der Waals surface area contributed by atoms with Crippen LogP contribution >= 0.6 is 24.8 Å². The normalized spacial score (nSPS) is 22.9. The number of fused-ring (bicyclic) bond motifs is 1. The lowest BCUT2D eigenvalue weighted by Gasteiger charge is -2.33. The van der Waals surface area contributed by atoms with Crippen molar-refractivity contribution < 1.29 is 4.79 Å². The number of amides is 1. The number of hydrogen-bond acceptors (Lipinski definition) is 7. The summed E-state index contributed by atoms with van der Waals surface area (Å²) in [6.45, 7) is 3.74. The molecule has 0 atom stereocenters. The Balaban J connectivity index is 0.00000190. The third kappa shape index (κ3) is 7.18. The van der Waals surface area contributed by atoms with E-state index in [1.807, 2.05) is 11.2 Å². The highest BCUT2D eigenvalue weighted by Crippen LogP contribution is 2.34. The molecule has 2 aromatic heterocycles. The quantitative estimate of drug-likeness (QED) is 0.417. The molecule has 37 heavy (non-hydrogen) atoms. The first-order valence-corrected chi connectivity index (χ1v) is 13.9. The molecule has 1 saturated heterocycles. The van der Waals surface area contributed by atoms with Crippen LogP contribution in [-0.2, 0) is 4.79 Å². The van der Waals surface area contributed by atoms with E-state index in [4.69, 9.17) is 20.7 Å². The summed E-state index contributed by atoms with van der Waals surface area (Å²) in [4.78, 5) is 29.1. The van der Waals surface area contributed by atoms with Crippen LogP contribution in [0.5, 0.6) is 0 Å². The summed E-state index contributed by atoms with van der Waals surface area (Å²) >= 11 is 0. The highest BCUT2D eigenvalue weighted by molar-refractivity contribution is 5.86. The van der Waals surface area contributed by atoms with E-state index in [9.17, 15) is 4.79 Å².